The molecule has 1 aromatic rings. The first kappa shape index (κ1) is 22.2. The van der Waals surface area contributed by atoms with Crippen molar-refractivity contribution >= 4 is 11.6 Å². The predicted octanol–water partition coefficient (Wildman–Crippen LogP) is 5.18. The minimum Gasteiger partial charge on any atom is -0.496 e. The summed E-state index contributed by atoms with van der Waals surface area (Å²) < 4.78 is 17.3. The molecule has 0 N–H and O–H groups in total. The van der Waals surface area contributed by atoms with Gasteiger partial charge >= 0.3 is 0 Å². The SMILES string of the molecule is COc1cc(C(CCC(C)C)OCCC(C)C)c(OC)c2c1C(=O)C=CC2=O. The van der Waals surface area contributed by atoms with Crippen LogP contribution >= 0.6 is 0 Å². The molecule has 0 fully saturated rings. The molecule has 0 bridgehead atoms. The number of benzene rings is 1. The van der Waals surface area contributed by atoms with E-state index in [0.29, 0.717) is 29.9 Å². The molecule has 5 nitrogen and oxygen atoms in total. The summed E-state index contributed by atoms with van der Waals surface area (Å²) in [5, 5.41) is 0. The van der Waals surface area contributed by atoms with Gasteiger partial charge in [0.05, 0.1) is 31.5 Å². The van der Waals surface area contributed by atoms with Crippen molar-refractivity contribution < 1.29 is 23.8 Å². The first-order valence-corrected chi connectivity index (χ1v) is 9.97. The molecule has 0 aromatic heterocycles. The Morgan fingerprint density at radius 2 is 1.43 bits per heavy atom. The van der Waals surface area contributed by atoms with Crippen LogP contribution in [-0.4, -0.2) is 32.4 Å². The molecule has 5 heteroatoms. The minimum absolute atomic E-state index is 0.232. The molecule has 1 unspecified atom stereocenters. The second kappa shape index (κ2) is 9.87. The maximum atomic E-state index is 12.6. The Kier molecular flexibility index (Phi) is 7.81. The molecule has 28 heavy (non-hydrogen) atoms. The van der Waals surface area contributed by atoms with E-state index in [9.17, 15) is 9.59 Å². The summed E-state index contributed by atoms with van der Waals surface area (Å²) in [4.78, 5) is 25.0. The summed E-state index contributed by atoms with van der Waals surface area (Å²) >= 11 is 0. The third kappa shape index (κ3) is 5.02. The third-order valence-corrected chi connectivity index (χ3v) is 4.94. The number of ether oxygens (including phenoxy) is 3. The van der Waals surface area contributed by atoms with Crippen molar-refractivity contribution in [2.24, 2.45) is 11.8 Å². The molecule has 154 valence electrons. The molecule has 1 aliphatic carbocycles. The molecule has 0 saturated heterocycles. The first-order chi connectivity index (χ1) is 13.3. The number of methoxy groups -OCH3 is 2. The molecule has 0 heterocycles. The smallest absolute Gasteiger partial charge is 0.190 e. The molecule has 2 rings (SSSR count). The van der Waals surface area contributed by atoms with Crippen LogP contribution in [0.25, 0.3) is 0 Å². The number of ketones is 2. The number of rotatable bonds is 10. The Balaban J connectivity index is 2.53. The van der Waals surface area contributed by atoms with Gasteiger partial charge in [-0.2, -0.15) is 0 Å². The summed E-state index contributed by atoms with van der Waals surface area (Å²) in [6.07, 6.45) is 5.06. The molecule has 0 amide bonds. The van der Waals surface area contributed by atoms with E-state index in [4.69, 9.17) is 14.2 Å². The van der Waals surface area contributed by atoms with Gasteiger partial charge in [-0.25, -0.2) is 0 Å². The van der Waals surface area contributed by atoms with Crippen molar-refractivity contribution in [1.82, 2.24) is 0 Å². The maximum absolute atomic E-state index is 12.6. The van der Waals surface area contributed by atoms with Crippen LogP contribution in [0.3, 0.4) is 0 Å². The second-order valence-corrected chi connectivity index (χ2v) is 8.03. The molecular formula is C23H32O5. The van der Waals surface area contributed by atoms with Crippen LogP contribution in [0.15, 0.2) is 18.2 Å². The second-order valence-electron chi connectivity index (χ2n) is 8.03. The number of hydrogen-bond donors (Lipinski definition) is 0. The van der Waals surface area contributed by atoms with Gasteiger partial charge in [0, 0.05) is 12.2 Å². The predicted molar refractivity (Wildman–Crippen MR) is 110 cm³/mol. The van der Waals surface area contributed by atoms with Gasteiger partial charge in [0.15, 0.2) is 11.6 Å². The average Bonchev–Trinajstić information content (AvgIpc) is 2.65. The Hall–Kier alpha value is -2.14. The first-order valence-electron chi connectivity index (χ1n) is 9.97. The van der Waals surface area contributed by atoms with Gasteiger partial charge in [-0.15, -0.1) is 0 Å². The summed E-state index contributed by atoms with van der Waals surface area (Å²) in [5.74, 6) is 1.35. The van der Waals surface area contributed by atoms with Gasteiger partial charge in [0.1, 0.15) is 11.5 Å². The van der Waals surface area contributed by atoms with E-state index in [-0.39, 0.29) is 28.8 Å². The van der Waals surface area contributed by atoms with Crippen molar-refractivity contribution in [3.05, 3.63) is 34.9 Å². The number of carbonyl (C=O) groups is 2. The Morgan fingerprint density at radius 3 is 1.96 bits per heavy atom. The van der Waals surface area contributed by atoms with Gasteiger partial charge < -0.3 is 14.2 Å². The van der Waals surface area contributed by atoms with Crippen molar-refractivity contribution in [3.8, 4) is 11.5 Å². The van der Waals surface area contributed by atoms with Crippen molar-refractivity contribution in [3.63, 3.8) is 0 Å². The molecule has 1 aliphatic rings. The summed E-state index contributed by atoms with van der Waals surface area (Å²) in [6, 6.07) is 1.79. The zero-order valence-corrected chi connectivity index (χ0v) is 17.8. The van der Waals surface area contributed by atoms with E-state index in [1.54, 1.807) is 6.07 Å². The molecule has 0 aliphatic heterocycles. The van der Waals surface area contributed by atoms with Crippen LogP contribution in [0.4, 0.5) is 0 Å². The molecule has 0 radical (unpaired) electrons. The average molecular weight is 389 g/mol. The highest BCUT2D eigenvalue weighted by Crippen LogP contribution is 2.42. The molecular weight excluding hydrogens is 356 g/mol. The summed E-state index contributed by atoms with van der Waals surface area (Å²) in [5.41, 5.74) is 1.30. The van der Waals surface area contributed by atoms with Crippen molar-refractivity contribution in [2.75, 3.05) is 20.8 Å². The summed E-state index contributed by atoms with van der Waals surface area (Å²) in [6.45, 7) is 9.28. The van der Waals surface area contributed by atoms with E-state index < -0.39 is 0 Å². The van der Waals surface area contributed by atoms with Gasteiger partial charge in [-0.3, -0.25) is 9.59 Å². The fourth-order valence-electron chi connectivity index (χ4n) is 3.34. The van der Waals surface area contributed by atoms with Crippen LogP contribution in [-0.2, 0) is 4.74 Å². The number of fused-ring (bicyclic) bond motifs is 1. The van der Waals surface area contributed by atoms with Gasteiger partial charge in [-0.05, 0) is 49.3 Å². The van der Waals surface area contributed by atoms with E-state index in [2.05, 4.69) is 27.7 Å². The molecule has 1 atom stereocenters. The Bertz CT molecular complexity index is 746. The zero-order chi connectivity index (χ0) is 20.8. The highest BCUT2D eigenvalue weighted by Gasteiger charge is 2.32. The monoisotopic (exact) mass is 388 g/mol. The van der Waals surface area contributed by atoms with E-state index >= 15 is 0 Å². The quantitative estimate of drug-likeness (QED) is 0.553. The van der Waals surface area contributed by atoms with Crippen LogP contribution < -0.4 is 9.47 Å². The summed E-state index contributed by atoms with van der Waals surface area (Å²) in [7, 11) is 3.03. The zero-order valence-electron chi connectivity index (χ0n) is 17.8. The standard InChI is InChI=1S/C23H32O5/c1-14(2)7-10-19(28-12-11-15(3)4)16-13-20(26-5)21-17(24)8-9-18(25)22(21)23(16)27-6/h8-9,13-15,19H,7,10-12H2,1-6H3. The highest BCUT2D eigenvalue weighted by atomic mass is 16.5. The van der Waals surface area contributed by atoms with Crippen LogP contribution in [0.2, 0.25) is 0 Å². The maximum Gasteiger partial charge on any atom is 0.190 e. The fourth-order valence-corrected chi connectivity index (χ4v) is 3.34. The topological polar surface area (TPSA) is 61.8 Å². The van der Waals surface area contributed by atoms with Gasteiger partial charge in [0.2, 0.25) is 0 Å². The lowest BCUT2D eigenvalue weighted by molar-refractivity contribution is 0.0348. The highest BCUT2D eigenvalue weighted by molar-refractivity contribution is 6.24. The van der Waals surface area contributed by atoms with Gasteiger partial charge in [-0.1, -0.05) is 27.7 Å². The molecule has 0 spiro atoms. The van der Waals surface area contributed by atoms with E-state index in [1.807, 2.05) is 0 Å². The van der Waals surface area contributed by atoms with E-state index in [0.717, 1.165) is 24.8 Å². The lowest BCUT2D eigenvalue weighted by Crippen LogP contribution is -2.18. The van der Waals surface area contributed by atoms with Gasteiger partial charge in [0.25, 0.3) is 0 Å². The number of allylic oxidation sites excluding steroid dienone is 2. The fraction of sp³-hybridized carbons (Fsp3) is 0.565. The van der Waals surface area contributed by atoms with Crippen molar-refractivity contribution in [2.45, 2.75) is 53.1 Å². The Labute approximate surface area is 168 Å². The number of hydrogen-bond acceptors (Lipinski definition) is 5. The van der Waals surface area contributed by atoms with E-state index in [1.165, 1.54) is 26.4 Å². The third-order valence-electron chi connectivity index (χ3n) is 4.94. The molecule has 0 saturated carbocycles. The Morgan fingerprint density at radius 1 is 0.821 bits per heavy atom. The minimum atomic E-state index is -0.254. The lowest BCUT2D eigenvalue weighted by atomic mass is 9.88. The lowest BCUT2D eigenvalue weighted by Gasteiger charge is -2.26. The van der Waals surface area contributed by atoms with Crippen LogP contribution in [0.1, 0.15) is 79.3 Å². The molecule has 1 aromatic carbocycles. The van der Waals surface area contributed by atoms with Crippen molar-refractivity contribution in [1.29, 1.82) is 0 Å². The normalized spacial score (nSPS) is 14.6. The van der Waals surface area contributed by atoms with Crippen LogP contribution in [0.5, 0.6) is 11.5 Å². The number of carbonyl (C=O) groups excluding carboxylic acids is 2. The largest absolute Gasteiger partial charge is 0.496 e. The van der Waals surface area contributed by atoms with Crippen LogP contribution in [0, 0.1) is 11.8 Å².